The number of aliphatic hydroxyl groups is 1. The molecule has 0 amide bonds. The van der Waals surface area contributed by atoms with Crippen LogP contribution in [0.5, 0.6) is 0 Å². The lowest BCUT2D eigenvalue weighted by Crippen LogP contribution is -2.51. The molecule has 0 radical (unpaired) electrons. The molecule has 116 valence electrons. The molecule has 0 unspecified atom stereocenters. The highest BCUT2D eigenvalue weighted by molar-refractivity contribution is 6.95. The van der Waals surface area contributed by atoms with Crippen molar-refractivity contribution >= 4 is 23.1 Å². The van der Waals surface area contributed by atoms with E-state index in [1.54, 1.807) is 0 Å². The molecule has 0 aromatic heterocycles. The molecule has 2 nitrogen and oxygen atoms in total. The Morgan fingerprint density at radius 2 is 0.870 bits per heavy atom. The standard InChI is InChI=1S/C18H15B.C2H7NO/c1-4-10-16(11-5-1)19(17-12-6-2-7-13-17)18-14-8-3-9-15-18;3-1-2-4/h1-15H;4H,1-3H2. The SMILES string of the molecule is NCCO.c1ccc(B(c2ccccc2)c2ccccc2)cc1. The summed E-state index contributed by atoms with van der Waals surface area (Å²) >= 11 is 0. The number of rotatable bonds is 4. The van der Waals surface area contributed by atoms with E-state index in [9.17, 15) is 0 Å². The Bertz CT molecular complexity index is 563. The molecule has 0 saturated carbocycles. The summed E-state index contributed by atoms with van der Waals surface area (Å²) in [5.74, 6) is 0. The molecule has 0 aliphatic rings. The number of aliphatic hydroxyl groups excluding tert-OH is 1. The van der Waals surface area contributed by atoms with Crippen LogP contribution < -0.4 is 22.1 Å². The molecule has 23 heavy (non-hydrogen) atoms. The predicted octanol–water partition coefficient (Wildman–Crippen LogP) is 1.14. The van der Waals surface area contributed by atoms with Crippen molar-refractivity contribution in [3.63, 3.8) is 0 Å². The Labute approximate surface area is 138 Å². The largest absolute Gasteiger partial charge is 0.395 e. The number of hydrogen-bond donors (Lipinski definition) is 2. The first-order chi connectivity index (χ1) is 11.4. The normalized spacial score (nSPS) is 9.65. The zero-order valence-corrected chi connectivity index (χ0v) is 13.2. The summed E-state index contributed by atoms with van der Waals surface area (Å²) in [6.07, 6.45) is 0. The van der Waals surface area contributed by atoms with Gasteiger partial charge in [0.2, 0.25) is 6.71 Å². The minimum absolute atomic E-state index is 0.0972. The van der Waals surface area contributed by atoms with E-state index in [1.807, 2.05) is 0 Å². The number of nitrogens with two attached hydrogens (primary N) is 1. The fourth-order valence-corrected chi connectivity index (χ4v) is 2.51. The molecular formula is C20H22BNO. The molecule has 3 aromatic carbocycles. The minimum atomic E-state index is 0.0972. The van der Waals surface area contributed by atoms with Gasteiger partial charge >= 0.3 is 0 Å². The van der Waals surface area contributed by atoms with Crippen molar-refractivity contribution in [3.8, 4) is 0 Å². The molecule has 0 aliphatic heterocycles. The first-order valence-electron chi connectivity index (χ1n) is 7.82. The summed E-state index contributed by atoms with van der Waals surface area (Å²) in [4.78, 5) is 0. The van der Waals surface area contributed by atoms with Gasteiger partial charge in [-0.05, 0) is 0 Å². The van der Waals surface area contributed by atoms with Gasteiger partial charge in [-0.1, -0.05) is 107 Å². The zero-order valence-electron chi connectivity index (χ0n) is 13.2. The summed E-state index contributed by atoms with van der Waals surface area (Å²) < 4.78 is 0. The highest BCUT2D eigenvalue weighted by Gasteiger charge is 2.20. The fraction of sp³-hybridized carbons (Fsp3) is 0.100. The number of benzene rings is 3. The monoisotopic (exact) mass is 303 g/mol. The zero-order chi connectivity index (χ0) is 16.3. The topological polar surface area (TPSA) is 46.2 Å². The lowest BCUT2D eigenvalue weighted by atomic mass is 9.37. The molecule has 0 heterocycles. The second-order valence-corrected chi connectivity index (χ2v) is 5.18. The van der Waals surface area contributed by atoms with Crippen LogP contribution in [0.25, 0.3) is 0 Å². The van der Waals surface area contributed by atoms with Gasteiger partial charge in [-0.3, -0.25) is 0 Å². The van der Waals surface area contributed by atoms with Gasteiger partial charge in [-0.25, -0.2) is 0 Å². The molecular weight excluding hydrogens is 281 g/mol. The van der Waals surface area contributed by atoms with E-state index in [2.05, 4.69) is 91.0 Å². The molecule has 0 bridgehead atoms. The van der Waals surface area contributed by atoms with E-state index in [1.165, 1.54) is 16.4 Å². The smallest absolute Gasteiger partial charge is 0.241 e. The fourth-order valence-electron chi connectivity index (χ4n) is 2.51. The maximum absolute atomic E-state index is 7.75. The Morgan fingerprint density at radius 1 is 0.609 bits per heavy atom. The summed E-state index contributed by atoms with van der Waals surface area (Å²) in [7, 11) is 0. The maximum Gasteiger partial charge on any atom is 0.241 e. The lowest BCUT2D eigenvalue weighted by Gasteiger charge is -2.15. The predicted molar refractivity (Wildman–Crippen MR) is 100 cm³/mol. The van der Waals surface area contributed by atoms with Gasteiger partial charge in [0.1, 0.15) is 0 Å². The highest BCUT2D eigenvalue weighted by atomic mass is 16.3. The third kappa shape index (κ3) is 5.10. The molecule has 0 spiro atoms. The van der Waals surface area contributed by atoms with Gasteiger partial charge in [-0.15, -0.1) is 0 Å². The van der Waals surface area contributed by atoms with E-state index >= 15 is 0 Å². The average Bonchev–Trinajstić information content (AvgIpc) is 2.65. The summed E-state index contributed by atoms with van der Waals surface area (Å²) in [6.45, 7) is 0.781. The van der Waals surface area contributed by atoms with Crippen molar-refractivity contribution in [1.29, 1.82) is 0 Å². The van der Waals surface area contributed by atoms with Crippen LogP contribution >= 0.6 is 0 Å². The van der Waals surface area contributed by atoms with Crippen molar-refractivity contribution in [2.75, 3.05) is 13.2 Å². The van der Waals surface area contributed by atoms with Gasteiger partial charge in [0.05, 0.1) is 6.61 Å². The van der Waals surface area contributed by atoms with Crippen molar-refractivity contribution in [3.05, 3.63) is 91.0 Å². The van der Waals surface area contributed by atoms with Gasteiger partial charge in [-0.2, -0.15) is 0 Å². The van der Waals surface area contributed by atoms with Gasteiger partial charge in [0.25, 0.3) is 0 Å². The first-order valence-corrected chi connectivity index (χ1v) is 7.82. The Hall–Kier alpha value is -2.36. The molecule has 0 fully saturated rings. The quantitative estimate of drug-likeness (QED) is 0.710. The van der Waals surface area contributed by atoms with E-state index < -0.39 is 0 Å². The van der Waals surface area contributed by atoms with E-state index in [4.69, 9.17) is 10.8 Å². The third-order valence-electron chi connectivity index (χ3n) is 3.53. The van der Waals surface area contributed by atoms with Crippen LogP contribution in [-0.4, -0.2) is 25.0 Å². The number of hydrogen-bond acceptors (Lipinski definition) is 2. The second kappa shape index (κ2) is 9.62. The summed E-state index contributed by atoms with van der Waals surface area (Å²) in [5, 5.41) is 7.75. The van der Waals surface area contributed by atoms with Crippen molar-refractivity contribution < 1.29 is 5.11 Å². The van der Waals surface area contributed by atoms with Crippen LogP contribution in [0.15, 0.2) is 91.0 Å². The van der Waals surface area contributed by atoms with Crippen LogP contribution in [0.2, 0.25) is 0 Å². The molecule has 0 saturated heterocycles. The van der Waals surface area contributed by atoms with Crippen molar-refractivity contribution in [1.82, 2.24) is 0 Å². The molecule has 0 atom stereocenters. The van der Waals surface area contributed by atoms with Crippen molar-refractivity contribution in [2.24, 2.45) is 5.73 Å². The molecule has 3 rings (SSSR count). The van der Waals surface area contributed by atoms with Gasteiger partial charge in [0, 0.05) is 6.54 Å². The Balaban J connectivity index is 0.000000433. The van der Waals surface area contributed by atoms with Crippen LogP contribution in [0.1, 0.15) is 0 Å². The van der Waals surface area contributed by atoms with Crippen LogP contribution in [0.4, 0.5) is 0 Å². The van der Waals surface area contributed by atoms with E-state index in [0.717, 1.165) is 0 Å². The molecule has 0 aliphatic carbocycles. The lowest BCUT2D eigenvalue weighted by molar-refractivity contribution is 0.306. The molecule has 3 N–H and O–H groups in total. The third-order valence-corrected chi connectivity index (χ3v) is 3.53. The van der Waals surface area contributed by atoms with E-state index in [0.29, 0.717) is 13.3 Å². The summed E-state index contributed by atoms with van der Waals surface area (Å²) in [5.41, 5.74) is 8.78. The van der Waals surface area contributed by atoms with Crippen LogP contribution in [0, 0.1) is 0 Å². The van der Waals surface area contributed by atoms with E-state index in [-0.39, 0.29) is 6.61 Å². The maximum atomic E-state index is 7.75. The average molecular weight is 303 g/mol. The van der Waals surface area contributed by atoms with Crippen LogP contribution in [0.3, 0.4) is 0 Å². The Kier molecular flexibility index (Phi) is 7.11. The van der Waals surface area contributed by atoms with Crippen LogP contribution in [-0.2, 0) is 0 Å². The van der Waals surface area contributed by atoms with Crippen molar-refractivity contribution in [2.45, 2.75) is 0 Å². The second-order valence-electron chi connectivity index (χ2n) is 5.18. The highest BCUT2D eigenvalue weighted by Crippen LogP contribution is 1.95. The van der Waals surface area contributed by atoms with Gasteiger partial charge in [0.15, 0.2) is 0 Å². The Morgan fingerprint density at radius 3 is 1.09 bits per heavy atom. The molecule has 3 aromatic rings. The first kappa shape index (κ1) is 17.0. The minimum Gasteiger partial charge on any atom is -0.395 e. The van der Waals surface area contributed by atoms with Gasteiger partial charge < -0.3 is 10.8 Å². The molecule has 3 heteroatoms. The summed E-state index contributed by atoms with van der Waals surface area (Å²) in [6, 6.07) is 32.0.